The first-order valence-electron chi connectivity index (χ1n) is 4.22. The van der Waals surface area contributed by atoms with E-state index < -0.39 is 14.3 Å². The molecule has 0 bridgehead atoms. The van der Waals surface area contributed by atoms with Crippen LogP contribution in [0.3, 0.4) is 0 Å². The number of hydrogen-bond donors (Lipinski definition) is 2. The predicted octanol–water partition coefficient (Wildman–Crippen LogP) is 2.01. The van der Waals surface area contributed by atoms with Gasteiger partial charge in [0.1, 0.15) is 6.61 Å². The third-order valence-corrected chi connectivity index (χ3v) is 2.45. The summed E-state index contributed by atoms with van der Waals surface area (Å²) in [6.45, 7) is 4.46. The standard InChI is InChI=1S/C7H16N2O3P/c1-3-6(4-2)5-11-13(10)12-7(8)9/h6H,3-5H2,1-2H3,(H3,8,9)/q+1. The van der Waals surface area contributed by atoms with Gasteiger partial charge in [0, 0.05) is 4.57 Å². The third-order valence-electron chi connectivity index (χ3n) is 1.74. The summed E-state index contributed by atoms with van der Waals surface area (Å²) in [6, 6.07) is -0.578. The Hall–Kier alpha value is -0.670. The molecule has 0 saturated carbocycles. The molecule has 1 atom stereocenters. The van der Waals surface area contributed by atoms with Crippen LogP contribution >= 0.6 is 8.25 Å². The summed E-state index contributed by atoms with van der Waals surface area (Å²) in [4.78, 5) is 0. The average Bonchev–Trinajstić information content (AvgIpc) is 2.05. The Kier molecular flexibility index (Phi) is 6.45. The smallest absolute Gasteiger partial charge is 0.350 e. The molecule has 0 aromatic rings. The van der Waals surface area contributed by atoms with E-state index in [9.17, 15) is 4.57 Å². The van der Waals surface area contributed by atoms with Crippen molar-refractivity contribution in [2.45, 2.75) is 26.7 Å². The molecule has 0 radical (unpaired) electrons. The number of hydrogen-bond acceptors (Lipinski definition) is 4. The van der Waals surface area contributed by atoms with Crippen molar-refractivity contribution in [1.29, 1.82) is 5.41 Å². The van der Waals surface area contributed by atoms with Gasteiger partial charge in [0.2, 0.25) is 0 Å². The first-order valence-corrected chi connectivity index (χ1v) is 5.31. The summed E-state index contributed by atoms with van der Waals surface area (Å²) in [5, 5.41) is 6.69. The third kappa shape index (κ3) is 6.49. The highest BCUT2D eigenvalue weighted by molar-refractivity contribution is 7.34. The summed E-state index contributed by atoms with van der Waals surface area (Å²) >= 11 is 0. The van der Waals surface area contributed by atoms with Crippen molar-refractivity contribution in [2.24, 2.45) is 11.7 Å². The van der Waals surface area contributed by atoms with Crippen molar-refractivity contribution in [3.8, 4) is 0 Å². The second kappa shape index (κ2) is 6.80. The van der Waals surface area contributed by atoms with Gasteiger partial charge in [-0.05, 0) is 5.92 Å². The van der Waals surface area contributed by atoms with E-state index in [1.54, 1.807) is 0 Å². The summed E-state index contributed by atoms with van der Waals surface area (Å²) in [5.41, 5.74) is 4.86. The number of rotatable bonds is 6. The Labute approximate surface area is 79.1 Å². The van der Waals surface area contributed by atoms with Crippen LogP contribution in [-0.4, -0.2) is 12.6 Å². The summed E-state index contributed by atoms with van der Waals surface area (Å²) in [7, 11) is -2.26. The monoisotopic (exact) mass is 207 g/mol. The minimum Gasteiger partial charge on any atom is -0.350 e. The van der Waals surface area contributed by atoms with E-state index in [0.29, 0.717) is 12.5 Å². The molecule has 0 aliphatic rings. The first kappa shape index (κ1) is 12.3. The molecular formula is C7H16N2O3P+. The zero-order valence-electron chi connectivity index (χ0n) is 7.95. The zero-order chi connectivity index (χ0) is 10.3. The fourth-order valence-corrected chi connectivity index (χ4v) is 1.34. The quantitative estimate of drug-likeness (QED) is 0.396. The van der Waals surface area contributed by atoms with Crippen molar-refractivity contribution in [2.75, 3.05) is 6.61 Å². The van der Waals surface area contributed by atoms with Crippen molar-refractivity contribution in [1.82, 2.24) is 0 Å². The van der Waals surface area contributed by atoms with Gasteiger partial charge in [-0.15, -0.1) is 4.52 Å². The average molecular weight is 207 g/mol. The highest BCUT2D eigenvalue weighted by Crippen LogP contribution is 2.25. The van der Waals surface area contributed by atoms with Crippen LogP contribution in [0.2, 0.25) is 0 Å². The largest absolute Gasteiger partial charge is 0.753 e. The summed E-state index contributed by atoms with van der Waals surface area (Å²) < 4.78 is 20.1. The predicted molar refractivity (Wildman–Crippen MR) is 50.6 cm³/mol. The van der Waals surface area contributed by atoms with E-state index in [4.69, 9.17) is 15.7 Å². The van der Waals surface area contributed by atoms with Crippen LogP contribution in [0.4, 0.5) is 0 Å². The molecule has 0 aromatic heterocycles. The Morgan fingerprint density at radius 2 is 2.08 bits per heavy atom. The molecule has 0 heterocycles. The number of nitrogens with two attached hydrogens (primary N) is 1. The molecule has 0 spiro atoms. The molecule has 0 fully saturated rings. The second-order valence-electron chi connectivity index (χ2n) is 2.66. The highest BCUT2D eigenvalue weighted by atomic mass is 31.1. The van der Waals surface area contributed by atoms with Gasteiger partial charge >= 0.3 is 14.3 Å². The Balaban J connectivity index is 3.62. The molecule has 0 aliphatic heterocycles. The van der Waals surface area contributed by atoms with Crippen molar-refractivity contribution < 1.29 is 13.6 Å². The lowest BCUT2D eigenvalue weighted by Crippen LogP contribution is -2.11. The minimum atomic E-state index is -2.26. The Morgan fingerprint density at radius 3 is 2.46 bits per heavy atom. The van der Waals surface area contributed by atoms with Crippen molar-refractivity contribution >= 4 is 14.3 Å². The van der Waals surface area contributed by atoms with Gasteiger partial charge in [-0.1, -0.05) is 26.7 Å². The van der Waals surface area contributed by atoms with Gasteiger partial charge in [-0.3, -0.25) is 0 Å². The van der Waals surface area contributed by atoms with E-state index in [1.807, 2.05) is 13.8 Å². The molecule has 6 heteroatoms. The van der Waals surface area contributed by atoms with Crippen molar-refractivity contribution in [3.63, 3.8) is 0 Å². The molecule has 0 rings (SSSR count). The topological polar surface area (TPSA) is 85.4 Å². The van der Waals surface area contributed by atoms with E-state index in [0.717, 1.165) is 12.8 Å². The summed E-state index contributed by atoms with van der Waals surface area (Å²) in [5.74, 6) is 0.384. The molecule has 76 valence electrons. The molecule has 13 heavy (non-hydrogen) atoms. The van der Waals surface area contributed by atoms with Gasteiger partial charge in [-0.2, -0.15) is 4.52 Å². The molecular weight excluding hydrogens is 191 g/mol. The lowest BCUT2D eigenvalue weighted by atomic mass is 10.1. The SMILES string of the molecule is CCC(CC)CO[P+](=O)OC(=N)N. The van der Waals surface area contributed by atoms with Crippen LogP contribution in [0.25, 0.3) is 0 Å². The molecule has 0 aliphatic carbocycles. The fourth-order valence-electron chi connectivity index (χ4n) is 0.797. The van der Waals surface area contributed by atoms with E-state index in [-0.39, 0.29) is 0 Å². The maximum atomic E-state index is 10.9. The van der Waals surface area contributed by atoms with Gasteiger partial charge in [0.25, 0.3) is 0 Å². The van der Waals surface area contributed by atoms with Gasteiger partial charge in [0.05, 0.1) is 0 Å². The van der Waals surface area contributed by atoms with Gasteiger partial charge in [0.15, 0.2) is 0 Å². The Morgan fingerprint density at radius 1 is 1.54 bits per heavy atom. The molecule has 0 saturated heterocycles. The number of amidine groups is 1. The van der Waals surface area contributed by atoms with Crippen LogP contribution in [0, 0.1) is 11.3 Å². The van der Waals surface area contributed by atoms with E-state index >= 15 is 0 Å². The molecule has 0 aromatic carbocycles. The van der Waals surface area contributed by atoms with Crippen LogP contribution < -0.4 is 5.73 Å². The van der Waals surface area contributed by atoms with E-state index in [2.05, 4.69) is 4.52 Å². The molecule has 1 unspecified atom stereocenters. The number of nitrogens with one attached hydrogen (secondary N) is 1. The second-order valence-corrected chi connectivity index (χ2v) is 3.55. The first-order chi connectivity index (χ1) is 6.10. The molecule has 3 N–H and O–H groups in total. The highest BCUT2D eigenvalue weighted by Gasteiger charge is 2.24. The zero-order valence-corrected chi connectivity index (χ0v) is 8.84. The lowest BCUT2D eigenvalue weighted by Gasteiger charge is -2.05. The Bertz CT molecular complexity index is 183. The summed E-state index contributed by atoms with van der Waals surface area (Å²) in [6.07, 6.45) is 1.94. The van der Waals surface area contributed by atoms with E-state index in [1.165, 1.54) is 0 Å². The van der Waals surface area contributed by atoms with Gasteiger partial charge in [-0.25, -0.2) is 5.41 Å². The van der Waals surface area contributed by atoms with Crippen LogP contribution in [0.1, 0.15) is 26.7 Å². The van der Waals surface area contributed by atoms with Crippen LogP contribution in [0.5, 0.6) is 0 Å². The van der Waals surface area contributed by atoms with Crippen molar-refractivity contribution in [3.05, 3.63) is 0 Å². The fraction of sp³-hybridized carbons (Fsp3) is 0.857. The molecule has 5 nitrogen and oxygen atoms in total. The maximum Gasteiger partial charge on any atom is 0.753 e. The van der Waals surface area contributed by atoms with Gasteiger partial charge < -0.3 is 5.73 Å². The molecule has 0 amide bonds. The van der Waals surface area contributed by atoms with Crippen LogP contribution in [-0.2, 0) is 13.6 Å². The lowest BCUT2D eigenvalue weighted by molar-refractivity contribution is 0.225. The van der Waals surface area contributed by atoms with Crippen LogP contribution in [0.15, 0.2) is 0 Å². The normalized spacial score (nSPS) is 11.5. The maximum absolute atomic E-state index is 10.9. The minimum absolute atomic E-state index is 0.384.